The number of aromatic nitrogens is 1. The zero-order chi connectivity index (χ0) is 13.2. The highest BCUT2D eigenvalue weighted by Crippen LogP contribution is 2.17. The number of hydrogen-bond acceptors (Lipinski definition) is 4. The molecule has 2 heterocycles. The average molecular weight is 334 g/mol. The minimum Gasteiger partial charge on any atom is -0.366 e. The summed E-state index contributed by atoms with van der Waals surface area (Å²) in [6, 6.07) is 3.91. The smallest absolute Gasteiger partial charge is 0.211 e. The fourth-order valence-corrected chi connectivity index (χ4v) is 3.18. The van der Waals surface area contributed by atoms with E-state index in [0.29, 0.717) is 13.1 Å². The summed E-state index contributed by atoms with van der Waals surface area (Å²) in [4.78, 5) is 4.23. The van der Waals surface area contributed by atoms with Gasteiger partial charge in [0.25, 0.3) is 0 Å². The van der Waals surface area contributed by atoms with Crippen LogP contribution in [-0.2, 0) is 10.0 Å². The maximum atomic E-state index is 11.5. The first-order chi connectivity index (χ1) is 8.45. The SMILES string of the molecule is CS(=O)(=O)N1CCCC(Nc2ccc(Br)cn2)C1. The normalized spacial score (nSPS) is 21.8. The highest BCUT2D eigenvalue weighted by atomic mass is 79.9. The quantitative estimate of drug-likeness (QED) is 0.914. The Morgan fingerprint density at radius 2 is 2.28 bits per heavy atom. The third-order valence-electron chi connectivity index (χ3n) is 2.93. The summed E-state index contributed by atoms with van der Waals surface area (Å²) < 4.78 is 25.5. The zero-order valence-electron chi connectivity index (χ0n) is 10.1. The molecule has 0 aliphatic carbocycles. The molecule has 1 N–H and O–H groups in total. The van der Waals surface area contributed by atoms with Crippen LogP contribution in [0.5, 0.6) is 0 Å². The fraction of sp³-hybridized carbons (Fsp3) is 0.545. The number of piperidine rings is 1. The van der Waals surface area contributed by atoms with Crippen LogP contribution >= 0.6 is 15.9 Å². The lowest BCUT2D eigenvalue weighted by Gasteiger charge is -2.31. The Morgan fingerprint density at radius 1 is 1.50 bits per heavy atom. The topological polar surface area (TPSA) is 62.3 Å². The molecular formula is C11H16BrN3O2S. The number of sulfonamides is 1. The van der Waals surface area contributed by atoms with Gasteiger partial charge in [0.1, 0.15) is 5.82 Å². The molecule has 18 heavy (non-hydrogen) atoms. The molecule has 1 aliphatic rings. The van der Waals surface area contributed by atoms with Gasteiger partial charge in [-0.3, -0.25) is 0 Å². The van der Waals surface area contributed by atoms with Crippen LogP contribution in [0.3, 0.4) is 0 Å². The van der Waals surface area contributed by atoms with Crippen molar-refractivity contribution >= 4 is 31.8 Å². The van der Waals surface area contributed by atoms with Crippen molar-refractivity contribution in [2.45, 2.75) is 18.9 Å². The molecule has 1 unspecified atom stereocenters. The Hall–Kier alpha value is -0.660. The lowest BCUT2D eigenvalue weighted by molar-refractivity contribution is 0.329. The van der Waals surface area contributed by atoms with Crippen LogP contribution < -0.4 is 5.32 Å². The average Bonchev–Trinajstić information content (AvgIpc) is 2.31. The van der Waals surface area contributed by atoms with E-state index in [-0.39, 0.29) is 6.04 Å². The van der Waals surface area contributed by atoms with Crippen LogP contribution in [0.15, 0.2) is 22.8 Å². The predicted molar refractivity (Wildman–Crippen MR) is 75.0 cm³/mol. The number of nitrogens with zero attached hydrogens (tertiary/aromatic N) is 2. The lowest BCUT2D eigenvalue weighted by Crippen LogP contribution is -2.44. The molecule has 0 spiro atoms. The van der Waals surface area contributed by atoms with Crippen LogP contribution in [0.25, 0.3) is 0 Å². The highest BCUT2D eigenvalue weighted by Gasteiger charge is 2.25. The Bertz CT molecular complexity index is 504. The Kier molecular flexibility index (Phi) is 4.24. The maximum absolute atomic E-state index is 11.5. The van der Waals surface area contributed by atoms with Crippen LogP contribution in [0.1, 0.15) is 12.8 Å². The van der Waals surface area contributed by atoms with E-state index in [1.54, 1.807) is 6.20 Å². The van der Waals surface area contributed by atoms with E-state index in [2.05, 4.69) is 26.2 Å². The summed E-state index contributed by atoms with van der Waals surface area (Å²) in [5, 5.41) is 3.27. The van der Waals surface area contributed by atoms with E-state index < -0.39 is 10.0 Å². The summed E-state index contributed by atoms with van der Waals surface area (Å²) in [5.41, 5.74) is 0. The minimum atomic E-state index is -3.09. The Morgan fingerprint density at radius 3 is 2.89 bits per heavy atom. The molecule has 100 valence electrons. The molecule has 0 amide bonds. The summed E-state index contributed by atoms with van der Waals surface area (Å²) >= 11 is 3.33. The van der Waals surface area contributed by atoms with Gasteiger partial charge in [-0.25, -0.2) is 17.7 Å². The number of anilines is 1. The van der Waals surface area contributed by atoms with Crippen molar-refractivity contribution in [2.24, 2.45) is 0 Å². The van der Waals surface area contributed by atoms with Crippen LogP contribution in [0.2, 0.25) is 0 Å². The third-order valence-corrected chi connectivity index (χ3v) is 4.67. The summed E-state index contributed by atoms with van der Waals surface area (Å²) in [6.07, 6.45) is 4.82. The van der Waals surface area contributed by atoms with Crippen LogP contribution in [0, 0.1) is 0 Å². The van der Waals surface area contributed by atoms with E-state index in [1.807, 2.05) is 12.1 Å². The molecule has 1 fully saturated rings. The van der Waals surface area contributed by atoms with Crippen molar-refractivity contribution in [2.75, 3.05) is 24.7 Å². The number of hydrogen-bond donors (Lipinski definition) is 1. The van der Waals surface area contributed by atoms with E-state index in [0.717, 1.165) is 23.1 Å². The second-order valence-corrected chi connectivity index (χ2v) is 7.36. The first-order valence-corrected chi connectivity index (χ1v) is 8.42. The van der Waals surface area contributed by atoms with E-state index in [4.69, 9.17) is 0 Å². The van der Waals surface area contributed by atoms with Gasteiger partial charge in [-0.2, -0.15) is 0 Å². The zero-order valence-corrected chi connectivity index (χ0v) is 12.5. The van der Waals surface area contributed by atoms with Gasteiger partial charge in [0.2, 0.25) is 10.0 Å². The van der Waals surface area contributed by atoms with Gasteiger partial charge in [-0.05, 0) is 40.9 Å². The van der Waals surface area contributed by atoms with Gasteiger partial charge >= 0.3 is 0 Å². The molecule has 1 saturated heterocycles. The van der Waals surface area contributed by atoms with Gasteiger partial charge < -0.3 is 5.32 Å². The molecule has 1 aliphatic heterocycles. The standard InChI is InChI=1S/C11H16BrN3O2S/c1-18(16,17)15-6-2-3-10(8-15)14-11-5-4-9(12)7-13-11/h4-5,7,10H,2-3,6,8H2,1H3,(H,13,14). The second-order valence-electron chi connectivity index (χ2n) is 4.47. The summed E-state index contributed by atoms with van der Waals surface area (Å²) in [6.45, 7) is 1.13. The molecule has 5 nitrogen and oxygen atoms in total. The van der Waals surface area contributed by atoms with Crippen molar-refractivity contribution in [1.29, 1.82) is 0 Å². The minimum absolute atomic E-state index is 0.127. The van der Waals surface area contributed by atoms with Gasteiger partial charge in [0.05, 0.1) is 6.26 Å². The molecule has 1 aromatic heterocycles. The van der Waals surface area contributed by atoms with Gasteiger partial charge in [-0.1, -0.05) is 0 Å². The molecule has 2 rings (SSSR count). The van der Waals surface area contributed by atoms with E-state index in [9.17, 15) is 8.42 Å². The molecule has 0 bridgehead atoms. The molecule has 0 radical (unpaired) electrons. The molecule has 0 saturated carbocycles. The Balaban J connectivity index is 2.00. The van der Waals surface area contributed by atoms with Gasteiger partial charge in [0, 0.05) is 29.8 Å². The molecule has 7 heteroatoms. The molecule has 1 atom stereocenters. The molecule has 1 aromatic rings. The first-order valence-electron chi connectivity index (χ1n) is 5.78. The van der Waals surface area contributed by atoms with E-state index in [1.165, 1.54) is 10.6 Å². The number of pyridine rings is 1. The van der Waals surface area contributed by atoms with Crippen molar-refractivity contribution in [3.05, 3.63) is 22.8 Å². The first kappa shape index (κ1) is 13.8. The number of nitrogens with one attached hydrogen (secondary N) is 1. The van der Waals surface area contributed by atoms with Gasteiger partial charge in [0.15, 0.2) is 0 Å². The fourth-order valence-electron chi connectivity index (χ4n) is 2.03. The van der Waals surface area contributed by atoms with E-state index >= 15 is 0 Å². The molecule has 0 aromatic carbocycles. The number of rotatable bonds is 3. The summed E-state index contributed by atoms with van der Waals surface area (Å²) in [7, 11) is -3.09. The van der Waals surface area contributed by atoms with Crippen LogP contribution in [-0.4, -0.2) is 43.1 Å². The third kappa shape index (κ3) is 3.66. The lowest BCUT2D eigenvalue weighted by atomic mass is 10.1. The number of halogens is 1. The molecular weight excluding hydrogens is 318 g/mol. The van der Waals surface area contributed by atoms with Crippen molar-refractivity contribution in [3.8, 4) is 0 Å². The Labute approximate surface area is 116 Å². The second kappa shape index (κ2) is 5.54. The highest BCUT2D eigenvalue weighted by molar-refractivity contribution is 9.10. The van der Waals surface area contributed by atoms with Crippen molar-refractivity contribution in [3.63, 3.8) is 0 Å². The van der Waals surface area contributed by atoms with Gasteiger partial charge in [-0.15, -0.1) is 0 Å². The monoisotopic (exact) mass is 333 g/mol. The summed E-state index contributed by atoms with van der Waals surface area (Å²) in [5.74, 6) is 0.776. The predicted octanol–water partition coefficient (Wildman–Crippen LogP) is 1.68. The van der Waals surface area contributed by atoms with Crippen LogP contribution in [0.4, 0.5) is 5.82 Å². The van der Waals surface area contributed by atoms with Crippen molar-refractivity contribution in [1.82, 2.24) is 9.29 Å². The largest absolute Gasteiger partial charge is 0.366 e. The maximum Gasteiger partial charge on any atom is 0.211 e. The van der Waals surface area contributed by atoms with Crippen molar-refractivity contribution < 1.29 is 8.42 Å².